The molecule has 1 fully saturated rings. The molecule has 152 valence electrons. The maximum absolute atomic E-state index is 13.5. The molecule has 1 aromatic carbocycles. The zero-order valence-electron chi connectivity index (χ0n) is 16.6. The molecule has 1 saturated heterocycles. The van der Waals surface area contributed by atoms with Crippen molar-refractivity contribution in [2.45, 2.75) is 32.4 Å². The molecule has 0 radical (unpaired) electrons. The number of carbonyl (C=O) groups is 1. The van der Waals surface area contributed by atoms with Crippen LogP contribution in [0.15, 0.2) is 27.6 Å². The van der Waals surface area contributed by atoms with E-state index < -0.39 is 0 Å². The molecule has 2 aromatic rings. The van der Waals surface area contributed by atoms with E-state index in [0.29, 0.717) is 30.7 Å². The molecule has 8 heteroatoms. The number of likely N-dealkylation sites (tertiary alicyclic amines) is 1. The summed E-state index contributed by atoms with van der Waals surface area (Å²) in [5.74, 6) is 1.25. The highest BCUT2D eigenvalue weighted by atomic mass is 19.1. The summed E-state index contributed by atoms with van der Waals surface area (Å²) in [6.45, 7) is 4.59. The lowest BCUT2D eigenvalue weighted by molar-refractivity contribution is -0.122. The summed E-state index contributed by atoms with van der Waals surface area (Å²) >= 11 is 0. The lowest BCUT2D eigenvalue weighted by Gasteiger charge is -2.32. The van der Waals surface area contributed by atoms with Gasteiger partial charge in [0.05, 0.1) is 13.1 Å². The molecule has 0 atom stereocenters. The van der Waals surface area contributed by atoms with E-state index in [-0.39, 0.29) is 11.7 Å². The van der Waals surface area contributed by atoms with E-state index >= 15 is 0 Å². The summed E-state index contributed by atoms with van der Waals surface area (Å²) in [6.07, 6.45) is 1.89. The van der Waals surface area contributed by atoms with Crippen molar-refractivity contribution in [1.82, 2.24) is 20.9 Å². The number of guanidine groups is 1. The van der Waals surface area contributed by atoms with Gasteiger partial charge in [0, 0.05) is 44.2 Å². The second-order valence-corrected chi connectivity index (χ2v) is 7.08. The zero-order valence-corrected chi connectivity index (χ0v) is 16.6. The largest absolute Gasteiger partial charge is 0.459 e. The van der Waals surface area contributed by atoms with Crippen molar-refractivity contribution in [2.24, 2.45) is 4.99 Å². The van der Waals surface area contributed by atoms with Gasteiger partial charge in [-0.05, 0) is 38.0 Å². The Bertz CT molecular complexity index is 856. The second kappa shape index (κ2) is 9.05. The number of aryl methyl sites for hydroxylation is 1. The fourth-order valence-electron chi connectivity index (χ4n) is 3.48. The first-order valence-corrected chi connectivity index (χ1v) is 9.57. The van der Waals surface area contributed by atoms with Gasteiger partial charge in [0.15, 0.2) is 5.96 Å². The Morgan fingerprint density at radius 1 is 1.36 bits per heavy atom. The van der Waals surface area contributed by atoms with Crippen LogP contribution in [0.5, 0.6) is 0 Å². The molecule has 1 aliphatic heterocycles. The van der Waals surface area contributed by atoms with E-state index in [2.05, 4.69) is 25.8 Å². The number of fused-ring (bicyclic) bond motifs is 1. The third-order valence-electron chi connectivity index (χ3n) is 5.21. The highest BCUT2D eigenvalue weighted by Gasteiger charge is 2.21. The smallest absolute Gasteiger partial charge is 0.233 e. The molecule has 3 rings (SSSR count). The van der Waals surface area contributed by atoms with E-state index in [9.17, 15) is 9.18 Å². The monoisotopic (exact) mass is 389 g/mol. The van der Waals surface area contributed by atoms with Gasteiger partial charge >= 0.3 is 0 Å². The Balaban J connectivity index is 1.52. The Morgan fingerprint density at radius 2 is 2.11 bits per heavy atom. The number of benzene rings is 1. The number of hydrogen-bond acceptors (Lipinski definition) is 4. The fraction of sp³-hybridized carbons (Fsp3) is 0.500. The molecule has 3 N–H and O–H groups in total. The molecule has 1 amide bonds. The van der Waals surface area contributed by atoms with E-state index in [1.807, 2.05) is 6.92 Å². The number of rotatable bonds is 5. The molecule has 0 unspecified atom stereocenters. The van der Waals surface area contributed by atoms with E-state index in [0.717, 1.165) is 42.6 Å². The molecular formula is C20H28FN5O2. The molecule has 28 heavy (non-hydrogen) atoms. The molecule has 0 saturated carbocycles. The minimum absolute atomic E-state index is 0.0463. The Labute approximate surface area is 164 Å². The van der Waals surface area contributed by atoms with Crippen molar-refractivity contribution in [3.63, 3.8) is 0 Å². The topological polar surface area (TPSA) is 81.9 Å². The number of aliphatic imine (C=N–C) groups is 1. The van der Waals surface area contributed by atoms with Crippen LogP contribution in [-0.4, -0.2) is 56.5 Å². The fourth-order valence-corrected chi connectivity index (χ4v) is 3.48. The first-order valence-electron chi connectivity index (χ1n) is 9.57. The predicted molar refractivity (Wildman–Crippen MR) is 108 cm³/mol. The van der Waals surface area contributed by atoms with E-state index in [1.54, 1.807) is 20.2 Å². The molecule has 2 heterocycles. The van der Waals surface area contributed by atoms with Crippen LogP contribution in [0.2, 0.25) is 0 Å². The standard InChI is InChI=1S/C20H28FN5O2/c1-13-16-10-14(21)4-5-17(16)28-18(13)11-24-20(23-3)25-15-6-8-26(9-7-15)12-19(27)22-2/h4-5,10,15H,6-9,11-12H2,1-3H3,(H,22,27)(H2,23,24,25). The minimum atomic E-state index is -0.267. The van der Waals surface area contributed by atoms with Crippen LogP contribution in [0.4, 0.5) is 4.39 Å². The lowest BCUT2D eigenvalue weighted by atomic mass is 10.1. The number of carbonyl (C=O) groups excluding carboxylic acids is 1. The number of amides is 1. The van der Waals surface area contributed by atoms with Gasteiger partial charge in [-0.2, -0.15) is 0 Å². The first kappa shape index (κ1) is 20.1. The van der Waals surface area contributed by atoms with Crippen molar-refractivity contribution in [3.8, 4) is 0 Å². The highest BCUT2D eigenvalue weighted by molar-refractivity contribution is 5.83. The van der Waals surface area contributed by atoms with Gasteiger partial charge in [-0.3, -0.25) is 14.7 Å². The molecule has 0 aliphatic carbocycles. The van der Waals surface area contributed by atoms with Gasteiger partial charge in [0.1, 0.15) is 17.2 Å². The van der Waals surface area contributed by atoms with Gasteiger partial charge < -0.3 is 20.4 Å². The number of halogens is 1. The Hall–Kier alpha value is -2.61. The number of likely N-dealkylation sites (N-methyl/N-ethyl adjacent to an activating group) is 1. The van der Waals surface area contributed by atoms with Crippen molar-refractivity contribution >= 4 is 22.8 Å². The average molecular weight is 389 g/mol. The van der Waals surface area contributed by atoms with Crippen molar-refractivity contribution < 1.29 is 13.6 Å². The lowest BCUT2D eigenvalue weighted by Crippen LogP contribution is -2.49. The number of nitrogens with one attached hydrogen (secondary N) is 3. The van der Waals surface area contributed by atoms with Crippen molar-refractivity contribution in [1.29, 1.82) is 0 Å². The third-order valence-corrected chi connectivity index (χ3v) is 5.21. The van der Waals surface area contributed by atoms with Gasteiger partial charge in [-0.25, -0.2) is 4.39 Å². The number of hydrogen-bond donors (Lipinski definition) is 3. The summed E-state index contributed by atoms with van der Waals surface area (Å²) in [5.41, 5.74) is 1.61. The maximum Gasteiger partial charge on any atom is 0.233 e. The average Bonchev–Trinajstić information content (AvgIpc) is 3.01. The van der Waals surface area contributed by atoms with Crippen LogP contribution in [0.25, 0.3) is 11.0 Å². The maximum atomic E-state index is 13.5. The molecule has 0 bridgehead atoms. The second-order valence-electron chi connectivity index (χ2n) is 7.08. The van der Waals surface area contributed by atoms with Crippen molar-refractivity contribution in [2.75, 3.05) is 33.7 Å². The Morgan fingerprint density at radius 3 is 2.79 bits per heavy atom. The quantitative estimate of drug-likeness (QED) is 0.536. The molecule has 1 aromatic heterocycles. The minimum Gasteiger partial charge on any atom is -0.459 e. The van der Waals surface area contributed by atoms with Gasteiger partial charge in [0.2, 0.25) is 5.91 Å². The van der Waals surface area contributed by atoms with Crippen LogP contribution in [0.3, 0.4) is 0 Å². The zero-order chi connectivity index (χ0) is 20.1. The van der Waals surface area contributed by atoms with Crippen LogP contribution in [-0.2, 0) is 11.3 Å². The summed E-state index contributed by atoms with van der Waals surface area (Å²) in [5, 5.41) is 10.2. The first-order chi connectivity index (χ1) is 13.5. The third kappa shape index (κ3) is 4.81. The number of furan rings is 1. The molecule has 1 aliphatic rings. The van der Waals surface area contributed by atoms with Gasteiger partial charge in [-0.15, -0.1) is 0 Å². The molecule has 7 nitrogen and oxygen atoms in total. The predicted octanol–water partition coefficient (Wildman–Crippen LogP) is 1.76. The van der Waals surface area contributed by atoms with E-state index in [4.69, 9.17) is 4.42 Å². The normalized spacial score (nSPS) is 16.4. The number of nitrogens with zero attached hydrogens (tertiary/aromatic N) is 2. The molecular weight excluding hydrogens is 361 g/mol. The van der Waals surface area contributed by atoms with Crippen LogP contribution < -0.4 is 16.0 Å². The summed E-state index contributed by atoms with van der Waals surface area (Å²) in [7, 11) is 3.39. The van der Waals surface area contributed by atoms with Crippen LogP contribution in [0.1, 0.15) is 24.2 Å². The summed E-state index contributed by atoms with van der Waals surface area (Å²) < 4.78 is 19.3. The molecule has 0 spiro atoms. The van der Waals surface area contributed by atoms with Crippen molar-refractivity contribution in [3.05, 3.63) is 35.3 Å². The summed E-state index contributed by atoms with van der Waals surface area (Å²) in [6, 6.07) is 4.86. The number of piperidine rings is 1. The Kier molecular flexibility index (Phi) is 6.51. The highest BCUT2D eigenvalue weighted by Crippen LogP contribution is 2.25. The van der Waals surface area contributed by atoms with Gasteiger partial charge in [0.25, 0.3) is 0 Å². The summed E-state index contributed by atoms with van der Waals surface area (Å²) in [4.78, 5) is 17.9. The SMILES string of the molecule is CN=C(NCc1oc2ccc(F)cc2c1C)NC1CCN(CC(=O)NC)CC1. The van der Waals surface area contributed by atoms with E-state index in [1.165, 1.54) is 12.1 Å². The van der Waals surface area contributed by atoms with Crippen LogP contribution >= 0.6 is 0 Å². The van der Waals surface area contributed by atoms with Gasteiger partial charge in [-0.1, -0.05) is 0 Å². The van der Waals surface area contributed by atoms with Crippen LogP contribution in [0, 0.1) is 12.7 Å².